The first-order valence-electron chi connectivity index (χ1n) is 10.9. The lowest BCUT2D eigenvalue weighted by Gasteiger charge is -2.37. The van der Waals surface area contributed by atoms with Crippen LogP contribution in [-0.2, 0) is 22.6 Å². The van der Waals surface area contributed by atoms with Gasteiger partial charge >= 0.3 is 0 Å². The average Bonchev–Trinajstić information content (AvgIpc) is 2.80. The third-order valence-electron chi connectivity index (χ3n) is 5.64. The lowest BCUT2D eigenvalue weighted by Crippen LogP contribution is -2.45. The molecule has 31 heavy (non-hydrogen) atoms. The molecule has 2 aromatic rings. The maximum absolute atomic E-state index is 9.85. The molecule has 2 unspecified atom stereocenters. The Hall–Kier alpha value is -2.54. The van der Waals surface area contributed by atoms with Crippen LogP contribution in [0.3, 0.4) is 0 Å². The second-order valence-electron chi connectivity index (χ2n) is 7.88. The molecule has 0 aromatic heterocycles. The first kappa shape index (κ1) is 23.1. The summed E-state index contributed by atoms with van der Waals surface area (Å²) >= 11 is 0. The predicted molar refractivity (Wildman–Crippen MR) is 123 cm³/mol. The highest BCUT2D eigenvalue weighted by Gasteiger charge is 2.26. The fraction of sp³-hybridized carbons (Fsp3) is 0.440. The Balaban J connectivity index is 1.57. The summed E-state index contributed by atoms with van der Waals surface area (Å²) in [4.78, 5) is 2.27. The molecule has 2 aromatic carbocycles. The fourth-order valence-corrected chi connectivity index (χ4v) is 3.90. The third-order valence-corrected chi connectivity index (χ3v) is 5.64. The molecule has 1 saturated heterocycles. The minimum atomic E-state index is -0.301. The van der Waals surface area contributed by atoms with E-state index in [-0.39, 0.29) is 18.8 Å². The van der Waals surface area contributed by atoms with Gasteiger partial charge < -0.3 is 25.0 Å². The molecule has 1 aliphatic rings. The van der Waals surface area contributed by atoms with Crippen molar-refractivity contribution in [2.45, 2.75) is 45.0 Å². The number of piperidine rings is 1. The Bertz CT molecular complexity index is 838. The van der Waals surface area contributed by atoms with Crippen molar-refractivity contribution in [3.63, 3.8) is 0 Å². The monoisotopic (exact) mass is 426 g/mol. The van der Waals surface area contributed by atoms with E-state index in [1.54, 1.807) is 13.4 Å². The summed E-state index contributed by atoms with van der Waals surface area (Å²) in [5.41, 5.74) is 4.42. The molecule has 1 heterocycles. The zero-order chi connectivity index (χ0) is 22.1. The van der Waals surface area contributed by atoms with Gasteiger partial charge in [0.25, 0.3) is 0 Å². The standard InChI is InChI=1S/C25H34N2O4/c1-3-31-18-25(30-2)21-7-9-22(10-8-21)26-15-19-5-4-6-20(13-19)16-27-12-11-24(29)14-23(27)17-28/h4-10,13,18,23-24,26,28-29H,3,11-12,14-17H2,1-2H3/b25-18-. The molecule has 0 bridgehead atoms. The maximum atomic E-state index is 9.85. The molecule has 0 spiro atoms. The molecule has 3 rings (SSSR count). The van der Waals surface area contributed by atoms with Crippen molar-refractivity contribution < 1.29 is 19.7 Å². The van der Waals surface area contributed by atoms with E-state index >= 15 is 0 Å². The van der Waals surface area contributed by atoms with E-state index in [9.17, 15) is 10.2 Å². The van der Waals surface area contributed by atoms with E-state index in [0.717, 1.165) is 37.3 Å². The number of benzene rings is 2. The minimum absolute atomic E-state index is 0.0258. The number of methoxy groups -OCH3 is 1. The van der Waals surface area contributed by atoms with Gasteiger partial charge in [0.15, 0.2) is 5.76 Å². The molecule has 0 amide bonds. The molecule has 3 N–H and O–H groups in total. The normalized spacial score (nSPS) is 19.8. The van der Waals surface area contributed by atoms with E-state index < -0.39 is 0 Å². The van der Waals surface area contributed by atoms with Crippen molar-refractivity contribution in [3.05, 3.63) is 71.5 Å². The lowest BCUT2D eigenvalue weighted by atomic mass is 9.99. The van der Waals surface area contributed by atoms with Gasteiger partial charge in [0.1, 0.15) is 6.26 Å². The Morgan fingerprint density at radius 2 is 1.97 bits per heavy atom. The number of likely N-dealkylation sites (tertiary alicyclic amines) is 1. The van der Waals surface area contributed by atoms with E-state index in [0.29, 0.717) is 18.8 Å². The number of hydrogen-bond donors (Lipinski definition) is 3. The number of nitrogens with one attached hydrogen (secondary N) is 1. The van der Waals surface area contributed by atoms with E-state index in [1.807, 2.05) is 31.2 Å². The molecule has 6 heteroatoms. The number of aliphatic hydroxyl groups excluding tert-OH is 2. The Kier molecular flexibility index (Phi) is 8.76. The summed E-state index contributed by atoms with van der Waals surface area (Å²) < 4.78 is 10.7. The summed E-state index contributed by atoms with van der Waals surface area (Å²) in [5.74, 6) is 0.701. The van der Waals surface area contributed by atoms with E-state index in [4.69, 9.17) is 9.47 Å². The molecular formula is C25H34N2O4. The van der Waals surface area contributed by atoms with Gasteiger partial charge in [-0.05, 0) is 55.2 Å². The largest absolute Gasteiger partial charge is 0.498 e. The SMILES string of the molecule is CCO/C=C(\OC)c1ccc(NCc2cccc(CN3CCC(O)CC3CO)c2)cc1. The third kappa shape index (κ3) is 6.72. The van der Waals surface area contributed by atoms with Gasteiger partial charge in [0.2, 0.25) is 0 Å². The maximum Gasteiger partial charge on any atom is 0.160 e. The number of rotatable bonds is 10. The zero-order valence-corrected chi connectivity index (χ0v) is 18.5. The molecular weight excluding hydrogens is 392 g/mol. The number of ether oxygens (including phenoxy) is 2. The fourth-order valence-electron chi connectivity index (χ4n) is 3.90. The van der Waals surface area contributed by atoms with Crippen molar-refractivity contribution in [1.29, 1.82) is 0 Å². The van der Waals surface area contributed by atoms with Crippen molar-refractivity contribution in [3.8, 4) is 0 Å². The van der Waals surface area contributed by atoms with Crippen LogP contribution in [0.4, 0.5) is 5.69 Å². The second kappa shape index (κ2) is 11.7. The van der Waals surface area contributed by atoms with E-state index in [1.165, 1.54) is 11.1 Å². The predicted octanol–water partition coefficient (Wildman–Crippen LogP) is 3.60. The summed E-state index contributed by atoms with van der Waals surface area (Å²) in [6.07, 6.45) is 2.74. The summed E-state index contributed by atoms with van der Waals surface area (Å²) in [6, 6.07) is 16.6. The molecule has 168 valence electrons. The van der Waals surface area contributed by atoms with Crippen LogP contribution < -0.4 is 5.32 Å². The van der Waals surface area contributed by atoms with Gasteiger partial charge in [-0.25, -0.2) is 0 Å². The summed E-state index contributed by atoms with van der Waals surface area (Å²) in [6.45, 7) is 4.94. The van der Waals surface area contributed by atoms with Gasteiger partial charge in [-0.1, -0.05) is 24.3 Å². The molecule has 2 atom stereocenters. The lowest BCUT2D eigenvalue weighted by molar-refractivity contribution is 0.0129. The van der Waals surface area contributed by atoms with Gasteiger partial charge in [0, 0.05) is 36.9 Å². The zero-order valence-electron chi connectivity index (χ0n) is 18.5. The smallest absolute Gasteiger partial charge is 0.160 e. The van der Waals surface area contributed by atoms with Crippen LogP contribution in [0.15, 0.2) is 54.8 Å². The number of aliphatic hydroxyl groups is 2. The minimum Gasteiger partial charge on any atom is -0.498 e. The number of nitrogens with zero attached hydrogens (tertiary/aromatic N) is 1. The van der Waals surface area contributed by atoms with Crippen LogP contribution in [0.5, 0.6) is 0 Å². The van der Waals surface area contributed by atoms with Crippen LogP contribution in [-0.4, -0.2) is 54.1 Å². The molecule has 1 fully saturated rings. The molecule has 6 nitrogen and oxygen atoms in total. The summed E-state index contributed by atoms with van der Waals surface area (Å²) in [5, 5.41) is 23.0. The van der Waals surface area contributed by atoms with Gasteiger partial charge in [-0.15, -0.1) is 0 Å². The molecule has 1 aliphatic heterocycles. The summed E-state index contributed by atoms with van der Waals surface area (Å²) in [7, 11) is 1.64. The highest BCUT2D eigenvalue weighted by Crippen LogP contribution is 2.21. The molecule has 0 aliphatic carbocycles. The topological polar surface area (TPSA) is 74.2 Å². The van der Waals surface area contributed by atoms with Crippen molar-refractivity contribution in [2.75, 3.05) is 32.2 Å². The Labute approximate surface area is 185 Å². The Morgan fingerprint density at radius 3 is 2.68 bits per heavy atom. The average molecular weight is 427 g/mol. The van der Waals surface area contributed by atoms with Gasteiger partial charge in [-0.3, -0.25) is 4.90 Å². The van der Waals surface area contributed by atoms with Crippen molar-refractivity contribution >= 4 is 11.4 Å². The number of hydrogen-bond acceptors (Lipinski definition) is 6. The van der Waals surface area contributed by atoms with Crippen LogP contribution in [0.1, 0.15) is 36.5 Å². The van der Waals surface area contributed by atoms with Crippen LogP contribution in [0.2, 0.25) is 0 Å². The quantitative estimate of drug-likeness (QED) is 0.504. The molecule has 0 saturated carbocycles. The first-order chi connectivity index (χ1) is 15.1. The Morgan fingerprint density at radius 1 is 1.19 bits per heavy atom. The van der Waals surface area contributed by atoms with Crippen LogP contribution in [0, 0.1) is 0 Å². The van der Waals surface area contributed by atoms with Crippen molar-refractivity contribution in [1.82, 2.24) is 4.90 Å². The van der Waals surface area contributed by atoms with Crippen LogP contribution >= 0.6 is 0 Å². The van der Waals surface area contributed by atoms with E-state index in [2.05, 4.69) is 34.5 Å². The highest BCUT2D eigenvalue weighted by atomic mass is 16.5. The number of anilines is 1. The second-order valence-corrected chi connectivity index (χ2v) is 7.88. The van der Waals surface area contributed by atoms with Gasteiger partial charge in [0.05, 0.1) is 26.4 Å². The first-order valence-corrected chi connectivity index (χ1v) is 10.9. The van der Waals surface area contributed by atoms with Crippen molar-refractivity contribution in [2.24, 2.45) is 0 Å². The van der Waals surface area contributed by atoms with Gasteiger partial charge in [-0.2, -0.15) is 0 Å². The van der Waals surface area contributed by atoms with Crippen LogP contribution in [0.25, 0.3) is 5.76 Å². The molecule has 0 radical (unpaired) electrons. The highest BCUT2D eigenvalue weighted by molar-refractivity contribution is 5.61.